The zero-order valence-electron chi connectivity index (χ0n) is 27.4. The normalized spacial score (nSPS) is 11.7. The van der Waals surface area contributed by atoms with Gasteiger partial charge in [0.2, 0.25) is 0 Å². The number of carboxylic acid groups (broad SMARTS) is 2. The van der Waals surface area contributed by atoms with Crippen LogP contribution in [0.25, 0.3) is 21.1 Å². The van der Waals surface area contributed by atoms with E-state index in [1.54, 1.807) is 59.3 Å². The minimum atomic E-state index is -0.977. The first-order valence-corrected chi connectivity index (χ1v) is 17.6. The third kappa shape index (κ3) is 9.81. The molecule has 2 atom stereocenters. The van der Waals surface area contributed by atoms with Gasteiger partial charge in [-0.15, -0.1) is 22.7 Å². The van der Waals surface area contributed by atoms with Crippen molar-refractivity contribution in [2.24, 2.45) is 0 Å². The number of hydrogen-bond donors (Lipinski definition) is 4. The van der Waals surface area contributed by atoms with E-state index in [0.717, 1.165) is 26.7 Å². The Hall–Kier alpha value is -5.98. The van der Waals surface area contributed by atoms with Gasteiger partial charge in [0, 0.05) is 35.0 Å². The Kier molecular flexibility index (Phi) is 12.5. The number of carboxylic acids is 2. The summed E-state index contributed by atoms with van der Waals surface area (Å²) < 4.78 is 0. The summed E-state index contributed by atoms with van der Waals surface area (Å²) in [6.07, 6.45) is 0. The fourth-order valence-corrected chi connectivity index (χ4v) is 6.74. The predicted octanol–water partition coefficient (Wildman–Crippen LogP) is 7.13. The second-order valence-electron chi connectivity index (χ2n) is 11.3. The second kappa shape index (κ2) is 17.6. The highest BCUT2D eigenvalue weighted by atomic mass is 32.1. The Labute approximate surface area is 302 Å². The van der Waals surface area contributed by atoms with E-state index in [1.807, 2.05) is 73.7 Å². The zero-order valence-corrected chi connectivity index (χ0v) is 29.1. The monoisotopic (exact) mass is 718 g/mol. The van der Waals surface area contributed by atoms with Gasteiger partial charge in [0.05, 0.1) is 11.8 Å². The minimum absolute atomic E-state index is 0.00933. The SMILES string of the molecule is Cc1ccccc1-c1nc(C(=O)NCC(C(=O)O)c2ccccc2)cs1.O=C(NCC(C(=O)O)c1ccccc1)c1csc(-c2ccccc2)n1. The van der Waals surface area contributed by atoms with Crippen LogP contribution in [0.2, 0.25) is 0 Å². The van der Waals surface area contributed by atoms with Crippen molar-refractivity contribution in [1.29, 1.82) is 0 Å². The number of amides is 2. The zero-order chi connectivity index (χ0) is 36.2. The first-order chi connectivity index (χ1) is 24.7. The van der Waals surface area contributed by atoms with E-state index in [4.69, 9.17) is 0 Å². The van der Waals surface area contributed by atoms with E-state index in [9.17, 15) is 29.4 Å². The van der Waals surface area contributed by atoms with Gasteiger partial charge in [0.15, 0.2) is 0 Å². The van der Waals surface area contributed by atoms with Crippen molar-refractivity contribution < 1.29 is 29.4 Å². The number of rotatable bonds is 12. The molecule has 0 fully saturated rings. The van der Waals surface area contributed by atoms with Crippen molar-refractivity contribution in [3.05, 3.63) is 154 Å². The van der Waals surface area contributed by atoms with Gasteiger partial charge < -0.3 is 20.8 Å². The molecule has 6 aromatic rings. The van der Waals surface area contributed by atoms with Crippen molar-refractivity contribution in [2.45, 2.75) is 18.8 Å². The number of carbonyl (C=O) groups excluding carboxylic acids is 2. The quantitative estimate of drug-likeness (QED) is 0.104. The van der Waals surface area contributed by atoms with Crippen LogP contribution < -0.4 is 10.6 Å². The Morgan fingerprint density at radius 3 is 1.47 bits per heavy atom. The topological polar surface area (TPSA) is 159 Å². The van der Waals surface area contributed by atoms with E-state index in [0.29, 0.717) is 22.5 Å². The molecule has 51 heavy (non-hydrogen) atoms. The summed E-state index contributed by atoms with van der Waals surface area (Å²) in [5.74, 6) is -4.29. The maximum atomic E-state index is 12.4. The van der Waals surface area contributed by atoms with Crippen molar-refractivity contribution >= 4 is 46.4 Å². The molecule has 2 heterocycles. The van der Waals surface area contributed by atoms with Crippen LogP contribution in [-0.4, -0.2) is 57.0 Å². The third-order valence-corrected chi connectivity index (χ3v) is 9.57. The van der Waals surface area contributed by atoms with Crippen LogP contribution in [0, 0.1) is 6.92 Å². The molecule has 0 spiro atoms. The van der Waals surface area contributed by atoms with E-state index in [1.165, 1.54) is 22.7 Å². The molecule has 0 radical (unpaired) electrons. The molecule has 2 amide bonds. The van der Waals surface area contributed by atoms with Crippen LogP contribution in [0.1, 0.15) is 49.5 Å². The molecule has 258 valence electrons. The largest absolute Gasteiger partial charge is 0.481 e. The van der Waals surface area contributed by atoms with Gasteiger partial charge in [-0.05, 0) is 23.6 Å². The molecule has 0 saturated carbocycles. The highest BCUT2D eigenvalue weighted by Gasteiger charge is 2.23. The molecule has 12 heteroatoms. The van der Waals surface area contributed by atoms with Crippen LogP contribution in [-0.2, 0) is 9.59 Å². The van der Waals surface area contributed by atoms with Gasteiger partial charge in [0.25, 0.3) is 11.8 Å². The highest BCUT2D eigenvalue weighted by molar-refractivity contribution is 7.13. The van der Waals surface area contributed by atoms with Gasteiger partial charge in [-0.2, -0.15) is 0 Å². The molecule has 0 aliphatic carbocycles. The Balaban J connectivity index is 0.000000198. The number of thiazole rings is 2. The number of aromatic nitrogens is 2. The molecular formula is C39H34N4O6S2. The van der Waals surface area contributed by atoms with Gasteiger partial charge >= 0.3 is 11.9 Å². The van der Waals surface area contributed by atoms with Gasteiger partial charge in [-0.3, -0.25) is 19.2 Å². The van der Waals surface area contributed by atoms with Crippen LogP contribution in [0.4, 0.5) is 0 Å². The molecule has 0 aliphatic rings. The maximum absolute atomic E-state index is 12.4. The highest BCUT2D eigenvalue weighted by Crippen LogP contribution is 2.27. The van der Waals surface area contributed by atoms with Crippen molar-refractivity contribution in [1.82, 2.24) is 20.6 Å². The number of carbonyl (C=O) groups is 4. The van der Waals surface area contributed by atoms with Crippen molar-refractivity contribution in [2.75, 3.05) is 13.1 Å². The second-order valence-corrected chi connectivity index (χ2v) is 13.0. The molecule has 6 rings (SSSR count). The predicted molar refractivity (Wildman–Crippen MR) is 198 cm³/mol. The van der Waals surface area contributed by atoms with Gasteiger partial charge in [-0.1, -0.05) is 115 Å². The number of aliphatic carboxylic acids is 2. The lowest BCUT2D eigenvalue weighted by Crippen LogP contribution is -2.31. The summed E-state index contributed by atoms with van der Waals surface area (Å²) >= 11 is 2.77. The lowest BCUT2D eigenvalue weighted by atomic mass is 9.99. The summed E-state index contributed by atoms with van der Waals surface area (Å²) in [5, 5.41) is 29.1. The third-order valence-electron chi connectivity index (χ3n) is 7.80. The number of benzene rings is 4. The fourth-order valence-electron chi connectivity index (χ4n) is 5.04. The number of hydrogen-bond acceptors (Lipinski definition) is 8. The summed E-state index contributed by atoms with van der Waals surface area (Å²) in [5.41, 5.74) is 4.91. The summed E-state index contributed by atoms with van der Waals surface area (Å²) in [7, 11) is 0. The van der Waals surface area contributed by atoms with Crippen molar-refractivity contribution in [3.8, 4) is 21.1 Å². The Morgan fingerprint density at radius 2 is 1.00 bits per heavy atom. The average molecular weight is 719 g/mol. The molecule has 2 aromatic heterocycles. The minimum Gasteiger partial charge on any atom is -0.481 e. The number of nitrogens with zero attached hydrogens (tertiary/aromatic N) is 2. The van der Waals surface area contributed by atoms with Gasteiger partial charge in [0.1, 0.15) is 21.4 Å². The molecule has 0 aliphatic heterocycles. The van der Waals surface area contributed by atoms with E-state index in [2.05, 4.69) is 20.6 Å². The lowest BCUT2D eigenvalue weighted by Gasteiger charge is -2.13. The molecular weight excluding hydrogens is 685 g/mol. The fraction of sp³-hybridized carbons (Fsp3) is 0.128. The summed E-state index contributed by atoms with van der Waals surface area (Å²) in [6.45, 7) is 2.01. The number of nitrogens with one attached hydrogen (secondary N) is 2. The average Bonchev–Trinajstić information content (AvgIpc) is 3.85. The van der Waals surface area contributed by atoms with E-state index in [-0.39, 0.29) is 24.9 Å². The molecule has 0 saturated heterocycles. The van der Waals surface area contributed by atoms with Crippen LogP contribution in [0.3, 0.4) is 0 Å². The molecule has 0 bridgehead atoms. The lowest BCUT2D eigenvalue weighted by molar-refractivity contribution is -0.139. The number of aryl methyl sites for hydroxylation is 1. The Bertz CT molecular complexity index is 2080. The van der Waals surface area contributed by atoms with E-state index >= 15 is 0 Å². The van der Waals surface area contributed by atoms with Gasteiger partial charge in [-0.25, -0.2) is 9.97 Å². The standard InChI is InChI=1S/C20H18N2O3S.C19H16N2O3S/c1-13-7-5-6-10-15(13)19-22-17(12-26-19)18(23)21-11-16(20(24)25)14-8-3-2-4-9-14;22-17(16-12-25-18(21-16)14-9-5-2-6-10-14)20-11-15(19(23)24)13-7-3-1-4-8-13/h2-10,12,16H,11H2,1H3,(H,21,23)(H,24,25);1-10,12,15H,11H2,(H,20,22)(H,23,24). The molecule has 4 N–H and O–H groups in total. The smallest absolute Gasteiger partial charge is 0.312 e. The molecule has 10 nitrogen and oxygen atoms in total. The van der Waals surface area contributed by atoms with Crippen molar-refractivity contribution in [3.63, 3.8) is 0 Å². The summed E-state index contributed by atoms with van der Waals surface area (Å²) in [6, 6.07) is 35.1. The first kappa shape index (κ1) is 36.3. The van der Waals surface area contributed by atoms with Crippen LogP contribution >= 0.6 is 22.7 Å². The Morgan fingerprint density at radius 1 is 0.588 bits per heavy atom. The van der Waals surface area contributed by atoms with Crippen LogP contribution in [0.15, 0.2) is 126 Å². The van der Waals surface area contributed by atoms with Crippen LogP contribution in [0.5, 0.6) is 0 Å². The molecule has 4 aromatic carbocycles. The molecule has 2 unspecified atom stereocenters. The maximum Gasteiger partial charge on any atom is 0.312 e. The summed E-state index contributed by atoms with van der Waals surface area (Å²) in [4.78, 5) is 56.4. The van der Waals surface area contributed by atoms with E-state index < -0.39 is 23.8 Å². The first-order valence-electron chi connectivity index (χ1n) is 15.9.